The van der Waals surface area contributed by atoms with Crippen molar-refractivity contribution in [2.24, 2.45) is 0 Å². The number of hydrogen-bond acceptors (Lipinski definition) is 6. The van der Waals surface area contributed by atoms with Crippen molar-refractivity contribution in [1.82, 2.24) is 10.6 Å². The SMILES string of the molecule is CN1C(=O)[C@H](NC(=O)C(C)(C)NC(=O)c2sccc2Cl)CN(c2ccc(OC(F)(F)F)cc2)c2ccc(F)cc21. The number of ether oxygens (including phenoxy) is 1. The summed E-state index contributed by atoms with van der Waals surface area (Å²) in [7, 11) is 1.41. The number of halogens is 5. The zero-order valence-corrected chi connectivity index (χ0v) is 22.9. The summed E-state index contributed by atoms with van der Waals surface area (Å²) in [5.74, 6) is -2.91. The Balaban J connectivity index is 1.63. The van der Waals surface area contributed by atoms with Crippen LogP contribution in [0.1, 0.15) is 23.5 Å². The van der Waals surface area contributed by atoms with E-state index in [4.69, 9.17) is 11.6 Å². The Morgan fingerprint density at radius 3 is 2.35 bits per heavy atom. The van der Waals surface area contributed by atoms with Gasteiger partial charge < -0.3 is 25.2 Å². The molecule has 8 nitrogen and oxygen atoms in total. The second-order valence-electron chi connectivity index (χ2n) is 9.39. The van der Waals surface area contributed by atoms with Crippen LogP contribution in [0.4, 0.5) is 34.6 Å². The van der Waals surface area contributed by atoms with E-state index in [0.29, 0.717) is 11.4 Å². The highest BCUT2D eigenvalue weighted by Crippen LogP contribution is 2.38. The van der Waals surface area contributed by atoms with Crippen molar-refractivity contribution in [3.63, 3.8) is 0 Å². The number of carbonyl (C=O) groups is 3. The van der Waals surface area contributed by atoms with Crippen LogP contribution in [0.15, 0.2) is 53.9 Å². The summed E-state index contributed by atoms with van der Waals surface area (Å²) < 4.78 is 56.0. The van der Waals surface area contributed by atoms with Gasteiger partial charge in [0.2, 0.25) is 5.91 Å². The van der Waals surface area contributed by atoms with Crippen molar-refractivity contribution < 1.29 is 36.7 Å². The van der Waals surface area contributed by atoms with Gasteiger partial charge in [0.1, 0.15) is 28.0 Å². The van der Waals surface area contributed by atoms with Crippen LogP contribution in [-0.2, 0) is 9.59 Å². The number of alkyl halides is 3. The van der Waals surface area contributed by atoms with Gasteiger partial charge in [-0.05, 0) is 67.8 Å². The van der Waals surface area contributed by atoms with E-state index in [1.54, 1.807) is 16.3 Å². The maximum atomic E-state index is 14.2. The third-order valence-electron chi connectivity index (χ3n) is 6.09. The van der Waals surface area contributed by atoms with Gasteiger partial charge in [-0.3, -0.25) is 14.4 Å². The average Bonchev–Trinajstić information content (AvgIpc) is 3.27. The number of benzene rings is 2. The van der Waals surface area contributed by atoms with Crippen LogP contribution >= 0.6 is 22.9 Å². The predicted molar refractivity (Wildman–Crippen MR) is 143 cm³/mol. The number of carbonyl (C=O) groups excluding carboxylic acids is 3. The summed E-state index contributed by atoms with van der Waals surface area (Å²) in [4.78, 5) is 42.4. The van der Waals surface area contributed by atoms with Crippen molar-refractivity contribution >= 4 is 57.7 Å². The molecular formula is C26H23ClF4N4O4S. The number of thiophene rings is 1. The maximum absolute atomic E-state index is 14.2. The van der Waals surface area contributed by atoms with Gasteiger partial charge in [-0.15, -0.1) is 24.5 Å². The zero-order valence-electron chi connectivity index (χ0n) is 21.3. The lowest BCUT2D eigenvalue weighted by Gasteiger charge is -2.30. The molecule has 0 fully saturated rings. The van der Waals surface area contributed by atoms with E-state index in [1.807, 2.05) is 0 Å². The quantitative estimate of drug-likeness (QED) is 0.379. The van der Waals surface area contributed by atoms with Gasteiger partial charge in [-0.1, -0.05) is 11.6 Å². The number of nitrogens with zero attached hydrogens (tertiary/aromatic N) is 2. The molecule has 212 valence electrons. The Bertz CT molecular complexity index is 1450. The fraction of sp³-hybridized carbons (Fsp3) is 0.269. The normalized spacial score (nSPS) is 15.8. The molecule has 1 atom stereocenters. The van der Waals surface area contributed by atoms with Crippen molar-refractivity contribution in [1.29, 1.82) is 0 Å². The number of rotatable bonds is 6. The number of amides is 3. The molecule has 40 heavy (non-hydrogen) atoms. The van der Waals surface area contributed by atoms with E-state index in [1.165, 1.54) is 50.1 Å². The van der Waals surface area contributed by atoms with Crippen LogP contribution in [0, 0.1) is 5.82 Å². The third-order valence-corrected chi connectivity index (χ3v) is 7.43. The van der Waals surface area contributed by atoms with Crippen LogP contribution in [-0.4, -0.2) is 49.3 Å². The summed E-state index contributed by atoms with van der Waals surface area (Å²) in [6.45, 7) is 2.75. The molecule has 2 aromatic carbocycles. The Kier molecular flexibility index (Phi) is 7.99. The van der Waals surface area contributed by atoms with E-state index in [2.05, 4.69) is 15.4 Å². The minimum Gasteiger partial charge on any atom is -0.406 e. The van der Waals surface area contributed by atoms with Crippen molar-refractivity contribution in [2.75, 3.05) is 23.4 Å². The largest absolute Gasteiger partial charge is 0.573 e. The summed E-state index contributed by atoms with van der Waals surface area (Å²) in [5, 5.41) is 7.11. The Morgan fingerprint density at radius 1 is 1.07 bits per heavy atom. The number of hydrogen-bond donors (Lipinski definition) is 2. The van der Waals surface area contributed by atoms with Gasteiger partial charge in [0, 0.05) is 12.7 Å². The van der Waals surface area contributed by atoms with Crippen LogP contribution < -0.4 is 25.2 Å². The Labute approximate surface area is 235 Å². The number of anilines is 3. The van der Waals surface area contributed by atoms with Crippen LogP contribution in [0.3, 0.4) is 0 Å². The first-order valence-corrected chi connectivity index (χ1v) is 13.0. The lowest BCUT2D eigenvalue weighted by Crippen LogP contribution is -2.60. The van der Waals surface area contributed by atoms with Crippen LogP contribution in [0.2, 0.25) is 5.02 Å². The molecule has 0 aliphatic carbocycles. The molecule has 3 amide bonds. The summed E-state index contributed by atoms with van der Waals surface area (Å²) in [5.41, 5.74) is -0.573. The van der Waals surface area contributed by atoms with Gasteiger partial charge in [-0.2, -0.15) is 0 Å². The van der Waals surface area contributed by atoms with Crippen molar-refractivity contribution in [3.8, 4) is 5.75 Å². The standard InChI is InChI=1S/C26H23ClF4N4O4S/c1-25(2,33-22(36)21-17(27)10-11-40-21)24(38)32-18-13-35(15-5-7-16(8-6-15)39-26(29,30)31)19-9-4-14(28)12-20(19)34(3)23(18)37/h4-12,18H,13H2,1-3H3,(H,32,38)(H,33,36)/t18-/m1/s1. The number of likely N-dealkylation sites (N-methyl/N-ethyl adjacent to an activating group) is 1. The van der Waals surface area contributed by atoms with E-state index < -0.39 is 47.2 Å². The molecule has 1 aliphatic rings. The van der Waals surface area contributed by atoms with E-state index >= 15 is 0 Å². The minimum absolute atomic E-state index is 0.159. The van der Waals surface area contributed by atoms with Gasteiger partial charge in [0.15, 0.2) is 0 Å². The van der Waals surface area contributed by atoms with Crippen molar-refractivity contribution in [2.45, 2.75) is 31.8 Å². The average molecular weight is 599 g/mol. The highest BCUT2D eigenvalue weighted by molar-refractivity contribution is 7.12. The highest BCUT2D eigenvalue weighted by atomic mass is 35.5. The monoisotopic (exact) mass is 598 g/mol. The smallest absolute Gasteiger partial charge is 0.406 e. The topological polar surface area (TPSA) is 91.0 Å². The van der Waals surface area contributed by atoms with E-state index in [0.717, 1.165) is 29.5 Å². The van der Waals surface area contributed by atoms with Gasteiger partial charge in [0.25, 0.3) is 11.8 Å². The molecule has 0 radical (unpaired) electrons. The molecule has 0 bridgehead atoms. The minimum atomic E-state index is -4.88. The van der Waals surface area contributed by atoms with Crippen LogP contribution in [0.25, 0.3) is 0 Å². The molecule has 0 saturated carbocycles. The van der Waals surface area contributed by atoms with Gasteiger partial charge >= 0.3 is 6.36 Å². The summed E-state index contributed by atoms with van der Waals surface area (Å²) >= 11 is 7.13. The fourth-order valence-corrected chi connectivity index (χ4v) is 5.11. The second-order valence-corrected chi connectivity index (χ2v) is 10.7. The van der Waals surface area contributed by atoms with Crippen LogP contribution in [0.5, 0.6) is 5.75 Å². The van der Waals surface area contributed by atoms with Gasteiger partial charge in [-0.25, -0.2) is 4.39 Å². The molecule has 0 unspecified atom stereocenters. The fourth-order valence-electron chi connectivity index (χ4n) is 4.08. The Morgan fingerprint density at radius 2 is 1.75 bits per heavy atom. The molecule has 2 heterocycles. The lowest BCUT2D eigenvalue weighted by atomic mass is 10.0. The highest BCUT2D eigenvalue weighted by Gasteiger charge is 2.38. The molecule has 3 aromatic rings. The molecule has 4 rings (SSSR count). The second kappa shape index (κ2) is 11.0. The predicted octanol–water partition coefficient (Wildman–Crippen LogP) is 5.25. The zero-order chi connectivity index (χ0) is 29.4. The van der Waals surface area contributed by atoms with E-state index in [9.17, 15) is 31.9 Å². The number of nitrogens with one attached hydrogen (secondary N) is 2. The first-order chi connectivity index (χ1) is 18.7. The summed E-state index contributed by atoms with van der Waals surface area (Å²) in [6, 6.07) is 8.99. The molecular weight excluding hydrogens is 576 g/mol. The molecule has 0 spiro atoms. The van der Waals surface area contributed by atoms with Gasteiger partial charge in [0.05, 0.1) is 22.9 Å². The summed E-state index contributed by atoms with van der Waals surface area (Å²) in [6.07, 6.45) is -4.88. The van der Waals surface area contributed by atoms with Crippen molar-refractivity contribution in [3.05, 3.63) is 69.6 Å². The molecule has 1 aromatic heterocycles. The Hall–Kier alpha value is -3.84. The first-order valence-electron chi connectivity index (χ1n) is 11.7. The molecule has 14 heteroatoms. The molecule has 0 saturated heterocycles. The third kappa shape index (κ3) is 6.31. The number of fused-ring (bicyclic) bond motifs is 1. The maximum Gasteiger partial charge on any atom is 0.573 e. The first kappa shape index (κ1) is 29.2. The lowest BCUT2D eigenvalue weighted by molar-refractivity contribution is -0.274. The molecule has 1 aliphatic heterocycles. The van der Waals surface area contributed by atoms with E-state index in [-0.39, 0.29) is 22.1 Å². The molecule has 2 N–H and O–H groups in total.